The standard InChI is InChI=1S/C15H13N3O2/c1-11-8-9-17(14-5-3-2-4-13(11)14)15-7-6-12(10-16-15)18(19)20/h2-8,10H,9H2,1H3. The van der Waals surface area contributed by atoms with Gasteiger partial charge >= 0.3 is 0 Å². The zero-order valence-electron chi connectivity index (χ0n) is 11.0. The molecule has 3 rings (SSSR count). The Balaban J connectivity index is 2.01. The molecule has 5 nitrogen and oxygen atoms in total. The monoisotopic (exact) mass is 267 g/mol. The van der Waals surface area contributed by atoms with E-state index in [2.05, 4.69) is 24.1 Å². The van der Waals surface area contributed by atoms with Crippen LogP contribution < -0.4 is 4.90 Å². The molecule has 0 N–H and O–H groups in total. The molecule has 100 valence electrons. The number of benzene rings is 1. The van der Waals surface area contributed by atoms with Crippen LogP contribution in [0.5, 0.6) is 0 Å². The average Bonchev–Trinajstić information content (AvgIpc) is 2.48. The first-order valence-electron chi connectivity index (χ1n) is 6.31. The number of rotatable bonds is 2. The largest absolute Gasteiger partial charge is 0.322 e. The summed E-state index contributed by atoms with van der Waals surface area (Å²) in [5, 5.41) is 10.7. The minimum absolute atomic E-state index is 0.00534. The van der Waals surface area contributed by atoms with Crippen LogP contribution in [0, 0.1) is 10.1 Å². The summed E-state index contributed by atoms with van der Waals surface area (Å²) >= 11 is 0. The third-order valence-electron chi connectivity index (χ3n) is 3.42. The van der Waals surface area contributed by atoms with E-state index in [9.17, 15) is 10.1 Å². The fraction of sp³-hybridized carbons (Fsp3) is 0.133. The molecule has 0 bridgehead atoms. The minimum atomic E-state index is -0.440. The van der Waals surface area contributed by atoms with Gasteiger partial charge in [-0.2, -0.15) is 0 Å². The molecule has 0 unspecified atom stereocenters. The van der Waals surface area contributed by atoms with E-state index < -0.39 is 4.92 Å². The quantitative estimate of drug-likeness (QED) is 0.616. The van der Waals surface area contributed by atoms with Gasteiger partial charge in [0, 0.05) is 18.2 Å². The predicted molar refractivity (Wildman–Crippen MR) is 78.0 cm³/mol. The average molecular weight is 267 g/mol. The molecule has 0 radical (unpaired) electrons. The number of allylic oxidation sites excluding steroid dienone is 1. The molecule has 0 aliphatic carbocycles. The Hall–Kier alpha value is -2.69. The van der Waals surface area contributed by atoms with Crippen molar-refractivity contribution in [2.75, 3.05) is 11.4 Å². The summed E-state index contributed by atoms with van der Waals surface area (Å²) < 4.78 is 0. The maximum absolute atomic E-state index is 10.7. The van der Waals surface area contributed by atoms with Crippen molar-refractivity contribution in [3.8, 4) is 0 Å². The first-order chi connectivity index (χ1) is 9.66. The molecule has 0 atom stereocenters. The lowest BCUT2D eigenvalue weighted by Gasteiger charge is -2.29. The summed E-state index contributed by atoms with van der Waals surface area (Å²) in [7, 11) is 0. The lowest BCUT2D eigenvalue weighted by molar-refractivity contribution is -0.385. The van der Waals surface area contributed by atoms with Gasteiger partial charge in [0.2, 0.25) is 0 Å². The Labute approximate surface area is 116 Å². The summed E-state index contributed by atoms with van der Waals surface area (Å²) in [5.41, 5.74) is 3.48. The van der Waals surface area contributed by atoms with Gasteiger partial charge in [-0.1, -0.05) is 24.3 Å². The fourth-order valence-corrected chi connectivity index (χ4v) is 2.34. The Morgan fingerprint density at radius 2 is 2.05 bits per heavy atom. The first-order valence-corrected chi connectivity index (χ1v) is 6.31. The summed E-state index contributed by atoms with van der Waals surface area (Å²) in [6.45, 7) is 2.80. The van der Waals surface area contributed by atoms with E-state index in [4.69, 9.17) is 0 Å². The smallest absolute Gasteiger partial charge is 0.287 e. The number of fused-ring (bicyclic) bond motifs is 1. The van der Waals surface area contributed by atoms with Crippen molar-refractivity contribution in [3.05, 3.63) is 64.3 Å². The van der Waals surface area contributed by atoms with Crippen LogP contribution in [-0.4, -0.2) is 16.5 Å². The van der Waals surface area contributed by atoms with Crippen LogP contribution in [0.15, 0.2) is 48.7 Å². The van der Waals surface area contributed by atoms with Crippen molar-refractivity contribution in [1.29, 1.82) is 0 Å². The number of pyridine rings is 1. The summed E-state index contributed by atoms with van der Waals surface area (Å²) in [6, 6.07) is 11.3. The van der Waals surface area contributed by atoms with Crippen LogP contribution in [-0.2, 0) is 0 Å². The van der Waals surface area contributed by atoms with Crippen molar-refractivity contribution in [2.24, 2.45) is 0 Å². The molecule has 1 aromatic carbocycles. The topological polar surface area (TPSA) is 59.3 Å². The number of para-hydroxylation sites is 1. The van der Waals surface area contributed by atoms with Gasteiger partial charge in [0.15, 0.2) is 0 Å². The molecule has 2 heterocycles. The SMILES string of the molecule is CC1=CCN(c2ccc([N+](=O)[O-])cn2)c2ccccc21. The van der Waals surface area contributed by atoms with E-state index in [-0.39, 0.29) is 5.69 Å². The van der Waals surface area contributed by atoms with Crippen LogP contribution in [0.25, 0.3) is 5.57 Å². The number of aromatic nitrogens is 1. The maximum Gasteiger partial charge on any atom is 0.287 e. The molecular weight excluding hydrogens is 254 g/mol. The van der Waals surface area contributed by atoms with Gasteiger partial charge < -0.3 is 4.90 Å². The molecule has 1 aromatic heterocycles. The second kappa shape index (κ2) is 4.77. The highest BCUT2D eigenvalue weighted by atomic mass is 16.6. The minimum Gasteiger partial charge on any atom is -0.322 e. The van der Waals surface area contributed by atoms with Crippen molar-refractivity contribution in [2.45, 2.75) is 6.92 Å². The number of anilines is 2. The Kier molecular flexibility index (Phi) is 2.95. The predicted octanol–water partition coefficient (Wildman–Crippen LogP) is 3.54. The van der Waals surface area contributed by atoms with Crippen molar-refractivity contribution in [1.82, 2.24) is 4.98 Å². The van der Waals surface area contributed by atoms with Crippen LogP contribution >= 0.6 is 0 Å². The van der Waals surface area contributed by atoms with Gasteiger partial charge in [-0.05, 0) is 24.6 Å². The number of hydrogen-bond donors (Lipinski definition) is 0. The Morgan fingerprint density at radius 1 is 1.25 bits per heavy atom. The Bertz CT molecular complexity index is 693. The molecule has 0 saturated carbocycles. The lowest BCUT2D eigenvalue weighted by Crippen LogP contribution is -2.22. The third-order valence-corrected chi connectivity index (χ3v) is 3.42. The molecule has 5 heteroatoms. The van der Waals surface area contributed by atoms with Gasteiger partial charge in [-0.3, -0.25) is 10.1 Å². The number of hydrogen-bond acceptors (Lipinski definition) is 4. The summed E-state index contributed by atoms with van der Waals surface area (Å²) in [6.07, 6.45) is 3.43. The number of nitro groups is 1. The van der Waals surface area contributed by atoms with Crippen molar-refractivity contribution >= 4 is 22.8 Å². The molecular formula is C15H13N3O2. The zero-order valence-corrected chi connectivity index (χ0v) is 11.0. The summed E-state index contributed by atoms with van der Waals surface area (Å²) in [4.78, 5) is 16.5. The highest BCUT2D eigenvalue weighted by Crippen LogP contribution is 2.35. The fourth-order valence-electron chi connectivity index (χ4n) is 2.34. The van der Waals surface area contributed by atoms with Crippen LogP contribution in [0.1, 0.15) is 12.5 Å². The van der Waals surface area contributed by atoms with Gasteiger partial charge in [0.25, 0.3) is 5.69 Å². The van der Waals surface area contributed by atoms with Crippen LogP contribution in [0.2, 0.25) is 0 Å². The van der Waals surface area contributed by atoms with Gasteiger partial charge in [0.05, 0.1) is 10.6 Å². The van der Waals surface area contributed by atoms with Crippen molar-refractivity contribution < 1.29 is 4.92 Å². The Morgan fingerprint density at radius 3 is 2.75 bits per heavy atom. The van der Waals surface area contributed by atoms with E-state index in [0.29, 0.717) is 12.4 Å². The molecule has 1 aliphatic heterocycles. The van der Waals surface area contributed by atoms with Crippen LogP contribution in [0.3, 0.4) is 0 Å². The molecule has 0 spiro atoms. The second-order valence-electron chi connectivity index (χ2n) is 4.65. The first kappa shape index (κ1) is 12.3. The molecule has 1 aliphatic rings. The van der Waals surface area contributed by atoms with E-state index in [1.54, 1.807) is 6.07 Å². The van der Waals surface area contributed by atoms with E-state index in [0.717, 1.165) is 5.69 Å². The summed E-state index contributed by atoms with van der Waals surface area (Å²) in [5.74, 6) is 0.715. The molecule has 2 aromatic rings. The van der Waals surface area contributed by atoms with Crippen molar-refractivity contribution in [3.63, 3.8) is 0 Å². The molecule has 0 amide bonds. The molecule has 0 fully saturated rings. The van der Waals surface area contributed by atoms with Gasteiger partial charge in [-0.25, -0.2) is 4.98 Å². The third kappa shape index (κ3) is 2.03. The highest BCUT2D eigenvalue weighted by molar-refractivity contribution is 5.82. The van der Waals surface area contributed by atoms with Gasteiger partial charge in [0.1, 0.15) is 12.0 Å². The van der Waals surface area contributed by atoms with Gasteiger partial charge in [-0.15, -0.1) is 0 Å². The van der Waals surface area contributed by atoms with Crippen LogP contribution in [0.4, 0.5) is 17.2 Å². The second-order valence-corrected chi connectivity index (χ2v) is 4.65. The molecule has 0 saturated heterocycles. The maximum atomic E-state index is 10.7. The van der Waals surface area contributed by atoms with E-state index in [1.165, 1.54) is 23.4 Å². The molecule has 20 heavy (non-hydrogen) atoms. The normalized spacial score (nSPS) is 13.7. The highest BCUT2D eigenvalue weighted by Gasteiger charge is 2.19. The number of nitrogens with zero attached hydrogens (tertiary/aromatic N) is 3. The van der Waals surface area contributed by atoms with E-state index in [1.807, 2.05) is 23.1 Å². The van der Waals surface area contributed by atoms with E-state index >= 15 is 0 Å². The zero-order chi connectivity index (χ0) is 14.1. The lowest BCUT2D eigenvalue weighted by atomic mass is 10.0.